The maximum Gasteiger partial charge on any atom is 0.394 e. The first-order valence-electron chi connectivity index (χ1n) is 8.14. The Morgan fingerprint density at radius 1 is 0.966 bits per heavy atom. The maximum atomic E-state index is 12.1. The molecular weight excluding hydrogens is 425 g/mol. The fourth-order valence-corrected chi connectivity index (χ4v) is 2.58. The van der Waals surface area contributed by atoms with E-state index in [4.69, 9.17) is 38.2 Å². The molecule has 152 valence electrons. The second-order valence-electron chi connectivity index (χ2n) is 5.86. The number of ketones is 1. The van der Waals surface area contributed by atoms with Crippen LogP contribution in [0.1, 0.15) is 15.9 Å². The van der Waals surface area contributed by atoms with Crippen LogP contribution in [0.15, 0.2) is 42.5 Å². The molecule has 0 aliphatic rings. The number of carbonyl (C=O) groups excluding carboxylic acids is 2. The van der Waals surface area contributed by atoms with Crippen molar-refractivity contribution in [3.05, 3.63) is 63.6 Å². The van der Waals surface area contributed by atoms with E-state index in [1.807, 2.05) is 5.32 Å². The summed E-state index contributed by atoms with van der Waals surface area (Å²) in [6.07, 6.45) is -0.128. The average Bonchev–Trinajstić information content (AvgIpc) is 2.68. The Morgan fingerprint density at radius 2 is 1.62 bits per heavy atom. The number of aliphatic carboxylic acids is 2. The number of rotatable bonds is 8. The highest BCUT2D eigenvalue weighted by Crippen LogP contribution is 2.23. The summed E-state index contributed by atoms with van der Waals surface area (Å²) in [5, 5.41) is 20.2. The zero-order valence-corrected chi connectivity index (χ0v) is 16.2. The highest BCUT2D eigenvalue weighted by molar-refractivity contribution is 6.42. The Balaban J connectivity index is 1.95. The van der Waals surface area contributed by atoms with Gasteiger partial charge in [0, 0.05) is 12.0 Å². The molecule has 8 nitrogen and oxygen atoms in total. The quantitative estimate of drug-likeness (QED) is 0.425. The minimum absolute atomic E-state index is 0.128. The van der Waals surface area contributed by atoms with E-state index in [1.165, 1.54) is 30.3 Å². The third kappa shape index (κ3) is 6.48. The molecule has 2 aromatic carbocycles. The predicted octanol–water partition coefficient (Wildman–Crippen LogP) is 2.45. The lowest BCUT2D eigenvalue weighted by atomic mass is 10.1. The maximum absolute atomic E-state index is 12.1. The van der Waals surface area contributed by atoms with Crippen LogP contribution >= 0.6 is 23.2 Å². The van der Waals surface area contributed by atoms with E-state index in [0.717, 1.165) is 0 Å². The topological polar surface area (TPSA) is 130 Å². The van der Waals surface area contributed by atoms with E-state index in [-0.39, 0.29) is 23.8 Å². The molecule has 0 aliphatic heterocycles. The summed E-state index contributed by atoms with van der Waals surface area (Å²) in [5.41, 5.74) is 0.862. The third-order valence-corrected chi connectivity index (χ3v) is 4.51. The minimum Gasteiger partial charge on any atom is -0.485 e. The van der Waals surface area contributed by atoms with Gasteiger partial charge in [-0.05, 0) is 35.9 Å². The van der Waals surface area contributed by atoms with Gasteiger partial charge in [-0.1, -0.05) is 35.3 Å². The molecule has 1 amide bonds. The molecule has 2 rings (SSSR count). The Bertz CT molecular complexity index is 944. The third-order valence-electron chi connectivity index (χ3n) is 3.77. The summed E-state index contributed by atoms with van der Waals surface area (Å²) < 4.78 is 5.41. The highest BCUT2D eigenvalue weighted by Gasteiger charge is 2.23. The number of hydrogen-bond donors (Lipinski definition) is 3. The van der Waals surface area contributed by atoms with Crippen molar-refractivity contribution in [2.45, 2.75) is 12.5 Å². The van der Waals surface area contributed by atoms with Gasteiger partial charge in [0.05, 0.1) is 10.0 Å². The van der Waals surface area contributed by atoms with Crippen molar-refractivity contribution in [3.8, 4) is 5.75 Å². The van der Waals surface area contributed by atoms with Crippen LogP contribution in [-0.4, -0.2) is 46.5 Å². The summed E-state index contributed by atoms with van der Waals surface area (Å²) in [6, 6.07) is 9.21. The van der Waals surface area contributed by atoms with E-state index in [9.17, 15) is 19.2 Å². The molecule has 2 aromatic rings. The van der Waals surface area contributed by atoms with Gasteiger partial charge < -0.3 is 20.3 Å². The number of Topliss-reactive ketones (excluding diaryl/α,β-unsaturated/α-hetero) is 1. The van der Waals surface area contributed by atoms with Crippen molar-refractivity contribution in [1.29, 1.82) is 0 Å². The second-order valence-corrected chi connectivity index (χ2v) is 6.67. The predicted molar refractivity (Wildman–Crippen MR) is 104 cm³/mol. The van der Waals surface area contributed by atoms with Crippen molar-refractivity contribution in [1.82, 2.24) is 5.32 Å². The Hall–Kier alpha value is -3.10. The van der Waals surface area contributed by atoms with Crippen molar-refractivity contribution >= 4 is 46.8 Å². The number of ether oxygens (including phenoxy) is 1. The summed E-state index contributed by atoms with van der Waals surface area (Å²) in [6.45, 7) is -0.246. The molecule has 0 saturated carbocycles. The van der Waals surface area contributed by atoms with Crippen LogP contribution in [0.4, 0.5) is 0 Å². The molecule has 0 heterocycles. The van der Waals surface area contributed by atoms with E-state index in [1.54, 1.807) is 12.1 Å². The number of halogens is 2. The average molecular weight is 440 g/mol. The Labute approximate surface area is 175 Å². The molecule has 10 heteroatoms. The lowest BCUT2D eigenvalue weighted by molar-refractivity contribution is -0.152. The monoisotopic (exact) mass is 439 g/mol. The van der Waals surface area contributed by atoms with E-state index in [0.29, 0.717) is 21.9 Å². The number of benzene rings is 2. The fraction of sp³-hybridized carbons (Fsp3) is 0.158. The van der Waals surface area contributed by atoms with Gasteiger partial charge >= 0.3 is 17.8 Å². The number of nitrogens with one attached hydrogen (secondary N) is 1. The molecule has 29 heavy (non-hydrogen) atoms. The Morgan fingerprint density at radius 3 is 2.17 bits per heavy atom. The standard InChI is InChI=1S/C19H15Cl2NO7/c20-13-6-3-11(8-14(13)21)16(23)9-29-12-4-1-10(2-5-12)7-15(18(25)26)22-17(24)19(27)28/h1-6,8,15H,7,9H2,(H,22,24)(H,25,26)(H,27,28)/t15-/m1/s1. The summed E-state index contributed by atoms with van der Waals surface area (Å²) in [5.74, 6) is -4.49. The molecule has 0 aliphatic carbocycles. The molecule has 0 bridgehead atoms. The van der Waals surface area contributed by atoms with Crippen LogP contribution in [0.3, 0.4) is 0 Å². The van der Waals surface area contributed by atoms with Gasteiger partial charge in [0.25, 0.3) is 0 Å². The summed E-state index contributed by atoms with van der Waals surface area (Å²) in [4.78, 5) is 45.1. The zero-order chi connectivity index (χ0) is 21.6. The SMILES string of the molecule is O=C(O)C(=O)N[C@H](Cc1ccc(OCC(=O)c2ccc(Cl)c(Cl)c2)cc1)C(=O)O. The number of hydrogen-bond acceptors (Lipinski definition) is 5. The lowest BCUT2D eigenvalue weighted by Crippen LogP contribution is -2.45. The van der Waals surface area contributed by atoms with Gasteiger partial charge in [-0.2, -0.15) is 0 Å². The molecule has 0 unspecified atom stereocenters. The summed E-state index contributed by atoms with van der Waals surface area (Å²) >= 11 is 11.7. The van der Waals surface area contributed by atoms with Crippen LogP contribution in [0, 0.1) is 0 Å². The molecule has 0 radical (unpaired) electrons. The molecule has 0 saturated heterocycles. The van der Waals surface area contributed by atoms with Gasteiger partial charge in [-0.25, -0.2) is 9.59 Å². The fourth-order valence-electron chi connectivity index (χ4n) is 2.28. The van der Waals surface area contributed by atoms with Gasteiger partial charge in [0.15, 0.2) is 12.4 Å². The molecular formula is C19H15Cl2NO7. The lowest BCUT2D eigenvalue weighted by Gasteiger charge is -2.13. The van der Waals surface area contributed by atoms with Crippen LogP contribution in [0.5, 0.6) is 5.75 Å². The van der Waals surface area contributed by atoms with Crippen LogP contribution < -0.4 is 10.1 Å². The van der Waals surface area contributed by atoms with E-state index < -0.39 is 23.9 Å². The first-order chi connectivity index (χ1) is 13.7. The van der Waals surface area contributed by atoms with E-state index in [2.05, 4.69) is 0 Å². The second kappa shape index (κ2) is 9.90. The number of carboxylic acids is 2. The van der Waals surface area contributed by atoms with Crippen molar-refractivity contribution < 1.29 is 34.1 Å². The first-order valence-corrected chi connectivity index (χ1v) is 8.89. The number of carbonyl (C=O) groups is 4. The number of amides is 1. The van der Waals surface area contributed by atoms with Gasteiger partial charge in [-0.3, -0.25) is 9.59 Å². The minimum atomic E-state index is -1.77. The molecule has 0 fully saturated rings. The van der Waals surface area contributed by atoms with Crippen LogP contribution in [-0.2, 0) is 20.8 Å². The van der Waals surface area contributed by atoms with Crippen LogP contribution in [0.25, 0.3) is 0 Å². The normalized spacial score (nSPS) is 11.4. The molecule has 1 atom stereocenters. The highest BCUT2D eigenvalue weighted by atomic mass is 35.5. The first kappa shape index (κ1) is 22.2. The van der Waals surface area contributed by atoms with E-state index >= 15 is 0 Å². The smallest absolute Gasteiger partial charge is 0.394 e. The van der Waals surface area contributed by atoms with Crippen molar-refractivity contribution in [2.24, 2.45) is 0 Å². The molecule has 0 spiro atoms. The largest absolute Gasteiger partial charge is 0.485 e. The zero-order valence-electron chi connectivity index (χ0n) is 14.7. The van der Waals surface area contributed by atoms with Gasteiger partial charge in [0.1, 0.15) is 11.8 Å². The number of carboxylic acid groups (broad SMARTS) is 2. The van der Waals surface area contributed by atoms with Crippen LogP contribution in [0.2, 0.25) is 10.0 Å². The van der Waals surface area contributed by atoms with Crippen molar-refractivity contribution in [3.63, 3.8) is 0 Å². The molecule has 0 aromatic heterocycles. The van der Waals surface area contributed by atoms with Crippen molar-refractivity contribution in [2.75, 3.05) is 6.61 Å². The van der Waals surface area contributed by atoms with Gasteiger partial charge in [-0.15, -0.1) is 0 Å². The van der Waals surface area contributed by atoms with Gasteiger partial charge in [0.2, 0.25) is 0 Å². The molecule has 3 N–H and O–H groups in total. The Kier molecular flexibility index (Phi) is 7.58. The summed E-state index contributed by atoms with van der Waals surface area (Å²) in [7, 11) is 0.